The first-order chi connectivity index (χ1) is 7.69. The van der Waals surface area contributed by atoms with Gasteiger partial charge >= 0.3 is 0 Å². The molecule has 0 fully saturated rings. The molecule has 90 valence electrons. The minimum Gasteiger partial charge on any atom is -0.508 e. The van der Waals surface area contributed by atoms with Crippen LogP contribution in [0.3, 0.4) is 0 Å². The van der Waals surface area contributed by atoms with E-state index in [1.54, 1.807) is 0 Å². The number of phenols is 2. The number of rotatable bonds is 6. The molecular formula is C12H18O4. The maximum absolute atomic E-state index is 9.81. The van der Waals surface area contributed by atoms with Gasteiger partial charge in [-0.3, -0.25) is 0 Å². The van der Waals surface area contributed by atoms with Gasteiger partial charge < -0.3 is 19.7 Å². The third-order valence-corrected chi connectivity index (χ3v) is 1.95. The van der Waals surface area contributed by atoms with E-state index in [4.69, 9.17) is 9.47 Å². The fraction of sp³-hybridized carbons (Fsp3) is 0.500. The van der Waals surface area contributed by atoms with Crippen molar-refractivity contribution in [2.75, 3.05) is 13.2 Å². The van der Waals surface area contributed by atoms with Gasteiger partial charge in [-0.1, -0.05) is 13.8 Å². The Hall–Kier alpha value is -1.58. The van der Waals surface area contributed by atoms with Crippen molar-refractivity contribution < 1.29 is 19.7 Å². The minimum atomic E-state index is -0.0558. The Morgan fingerprint density at radius 2 is 1.38 bits per heavy atom. The van der Waals surface area contributed by atoms with Gasteiger partial charge in [0.1, 0.15) is 5.75 Å². The van der Waals surface area contributed by atoms with Gasteiger partial charge in [0.15, 0.2) is 11.5 Å². The average Bonchev–Trinajstić information content (AvgIpc) is 2.28. The van der Waals surface area contributed by atoms with Crippen LogP contribution in [0.25, 0.3) is 0 Å². The van der Waals surface area contributed by atoms with E-state index in [1.165, 1.54) is 12.1 Å². The van der Waals surface area contributed by atoms with E-state index < -0.39 is 0 Å². The first-order valence-corrected chi connectivity index (χ1v) is 5.50. The molecule has 0 saturated carbocycles. The number of phenolic OH excluding ortho intramolecular Hbond substituents is 2. The predicted molar refractivity (Wildman–Crippen MR) is 61.3 cm³/mol. The second-order valence-corrected chi connectivity index (χ2v) is 3.49. The molecule has 0 unspecified atom stereocenters. The van der Waals surface area contributed by atoms with Crippen molar-refractivity contribution >= 4 is 0 Å². The quantitative estimate of drug-likeness (QED) is 0.732. The van der Waals surface area contributed by atoms with Crippen molar-refractivity contribution in [1.82, 2.24) is 0 Å². The summed E-state index contributed by atoms with van der Waals surface area (Å²) in [6.07, 6.45) is 1.67. The third kappa shape index (κ3) is 3.22. The Labute approximate surface area is 95.4 Å². The Morgan fingerprint density at radius 1 is 0.938 bits per heavy atom. The molecular weight excluding hydrogens is 208 g/mol. The van der Waals surface area contributed by atoms with E-state index in [0.717, 1.165) is 12.8 Å². The molecule has 4 nitrogen and oxygen atoms in total. The largest absolute Gasteiger partial charge is 0.508 e. The smallest absolute Gasteiger partial charge is 0.201 e. The maximum Gasteiger partial charge on any atom is 0.201 e. The molecule has 0 saturated heterocycles. The molecule has 0 heterocycles. The van der Waals surface area contributed by atoms with Crippen molar-refractivity contribution in [3.05, 3.63) is 12.1 Å². The van der Waals surface area contributed by atoms with Crippen LogP contribution >= 0.6 is 0 Å². The lowest BCUT2D eigenvalue weighted by molar-refractivity contribution is 0.270. The summed E-state index contributed by atoms with van der Waals surface area (Å²) in [7, 11) is 0. The average molecular weight is 226 g/mol. The Balaban J connectivity index is 2.86. The number of benzene rings is 1. The fourth-order valence-corrected chi connectivity index (χ4v) is 1.21. The van der Waals surface area contributed by atoms with E-state index in [-0.39, 0.29) is 23.0 Å². The SMILES string of the molecule is CCCOc1cc(O)cc(OCCC)c1O. The Bertz CT molecular complexity index is 307. The lowest BCUT2D eigenvalue weighted by Gasteiger charge is -2.12. The molecule has 0 aliphatic heterocycles. The molecule has 1 aromatic carbocycles. The molecule has 0 aliphatic rings. The van der Waals surface area contributed by atoms with E-state index >= 15 is 0 Å². The zero-order valence-corrected chi connectivity index (χ0v) is 9.69. The van der Waals surface area contributed by atoms with E-state index in [9.17, 15) is 10.2 Å². The highest BCUT2D eigenvalue weighted by Gasteiger charge is 2.12. The highest BCUT2D eigenvalue weighted by atomic mass is 16.5. The topological polar surface area (TPSA) is 58.9 Å². The van der Waals surface area contributed by atoms with Crippen LogP contribution in [0.4, 0.5) is 0 Å². The molecule has 1 aromatic rings. The normalized spacial score (nSPS) is 10.1. The van der Waals surface area contributed by atoms with Gasteiger partial charge in [-0.15, -0.1) is 0 Å². The summed E-state index contributed by atoms with van der Waals surface area (Å²) < 4.78 is 10.6. The van der Waals surface area contributed by atoms with Crippen molar-refractivity contribution in [2.24, 2.45) is 0 Å². The summed E-state index contributed by atoms with van der Waals surface area (Å²) in [5.74, 6) is 0.482. The first kappa shape index (κ1) is 12.5. The van der Waals surface area contributed by atoms with Gasteiger partial charge in [-0.2, -0.15) is 0 Å². The lowest BCUT2D eigenvalue weighted by atomic mass is 10.2. The first-order valence-electron chi connectivity index (χ1n) is 5.50. The van der Waals surface area contributed by atoms with Crippen molar-refractivity contribution in [3.8, 4) is 23.0 Å². The highest BCUT2D eigenvalue weighted by Crippen LogP contribution is 2.39. The molecule has 2 N–H and O–H groups in total. The molecule has 0 aromatic heterocycles. The molecule has 16 heavy (non-hydrogen) atoms. The number of aromatic hydroxyl groups is 2. The summed E-state index contributed by atoms with van der Waals surface area (Å²) in [5.41, 5.74) is 0. The Kier molecular flexibility index (Phi) is 4.76. The van der Waals surface area contributed by atoms with Crippen molar-refractivity contribution in [1.29, 1.82) is 0 Å². The van der Waals surface area contributed by atoms with Gasteiger partial charge in [0.2, 0.25) is 5.75 Å². The van der Waals surface area contributed by atoms with Crippen LogP contribution in [0.2, 0.25) is 0 Å². The summed E-state index contributed by atoms with van der Waals surface area (Å²) in [5, 5.41) is 19.3. The third-order valence-electron chi connectivity index (χ3n) is 1.95. The maximum atomic E-state index is 9.81. The molecule has 0 atom stereocenters. The molecule has 0 radical (unpaired) electrons. The fourth-order valence-electron chi connectivity index (χ4n) is 1.21. The summed E-state index contributed by atoms with van der Waals surface area (Å²) in [4.78, 5) is 0. The van der Waals surface area contributed by atoms with Crippen LogP contribution < -0.4 is 9.47 Å². The van der Waals surface area contributed by atoms with Gasteiger partial charge in [0.25, 0.3) is 0 Å². The van der Waals surface area contributed by atoms with Gasteiger partial charge in [-0.05, 0) is 12.8 Å². The zero-order valence-electron chi connectivity index (χ0n) is 9.69. The van der Waals surface area contributed by atoms with Gasteiger partial charge in [-0.25, -0.2) is 0 Å². The molecule has 0 aliphatic carbocycles. The van der Waals surface area contributed by atoms with Crippen LogP contribution in [0.5, 0.6) is 23.0 Å². The monoisotopic (exact) mass is 226 g/mol. The van der Waals surface area contributed by atoms with Crippen LogP contribution in [0.1, 0.15) is 26.7 Å². The van der Waals surface area contributed by atoms with Crippen LogP contribution in [0, 0.1) is 0 Å². The summed E-state index contributed by atoms with van der Waals surface area (Å²) >= 11 is 0. The van der Waals surface area contributed by atoms with E-state index in [2.05, 4.69) is 0 Å². The summed E-state index contributed by atoms with van der Waals surface area (Å²) in [6.45, 7) is 4.91. The molecule has 0 amide bonds. The standard InChI is InChI=1S/C12H18O4/c1-3-5-15-10-7-9(13)8-11(12(10)14)16-6-4-2/h7-8,13-14H,3-6H2,1-2H3. The Morgan fingerprint density at radius 3 is 1.75 bits per heavy atom. The highest BCUT2D eigenvalue weighted by molar-refractivity contribution is 5.54. The minimum absolute atomic E-state index is 0.0232. The van der Waals surface area contributed by atoms with Crippen LogP contribution in [-0.2, 0) is 0 Å². The van der Waals surface area contributed by atoms with E-state index in [1.807, 2.05) is 13.8 Å². The summed E-state index contributed by atoms with van der Waals surface area (Å²) in [6, 6.07) is 2.76. The van der Waals surface area contributed by atoms with E-state index in [0.29, 0.717) is 13.2 Å². The van der Waals surface area contributed by atoms with Crippen molar-refractivity contribution in [2.45, 2.75) is 26.7 Å². The molecule has 0 bridgehead atoms. The second-order valence-electron chi connectivity index (χ2n) is 3.49. The number of hydrogen-bond acceptors (Lipinski definition) is 4. The molecule has 0 spiro atoms. The number of ether oxygens (including phenoxy) is 2. The van der Waals surface area contributed by atoms with Gasteiger partial charge in [0, 0.05) is 12.1 Å². The second kappa shape index (κ2) is 6.10. The van der Waals surface area contributed by atoms with Crippen LogP contribution in [-0.4, -0.2) is 23.4 Å². The van der Waals surface area contributed by atoms with Gasteiger partial charge in [0.05, 0.1) is 13.2 Å². The predicted octanol–water partition coefficient (Wildman–Crippen LogP) is 2.68. The zero-order chi connectivity index (χ0) is 12.0. The van der Waals surface area contributed by atoms with Crippen molar-refractivity contribution in [3.63, 3.8) is 0 Å². The molecule has 4 heteroatoms. The number of hydrogen-bond donors (Lipinski definition) is 2. The lowest BCUT2D eigenvalue weighted by Crippen LogP contribution is -1.99. The molecule has 1 rings (SSSR count). The van der Waals surface area contributed by atoms with Crippen LogP contribution in [0.15, 0.2) is 12.1 Å².